The minimum atomic E-state index is 1.07. The largest absolute Gasteiger partial charge is 0.311 e. The molecule has 6 heteroatoms. The van der Waals surface area contributed by atoms with Crippen LogP contribution in [0.2, 0.25) is 0 Å². The van der Waals surface area contributed by atoms with Crippen LogP contribution in [0.15, 0.2) is 376 Å². The lowest BCUT2D eigenvalue weighted by Gasteiger charge is -2.27. The van der Waals surface area contributed by atoms with E-state index in [-0.39, 0.29) is 0 Å². The van der Waals surface area contributed by atoms with Crippen LogP contribution in [-0.4, -0.2) is 9.13 Å². The van der Waals surface area contributed by atoms with Crippen LogP contribution in [-0.2, 0) is 0 Å². The molecule has 14 aromatic carbocycles. The van der Waals surface area contributed by atoms with Crippen LogP contribution in [0.3, 0.4) is 0 Å². The number of anilines is 6. The molecular formula is C92H62N4S2. The zero-order chi connectivity index (χ0) is 64.9. The molecule has 98 heavy (non-hydrogen) atoms. The number of hydrogen-bond donors (Lipinski definition) is 0. The molecule has 4 aromatic heterocycles. The highest BCUT2D eigenvalue weighted by molar-refractivity contribution is 7.19. The van der Waals surface area contributed by atoms with Crippen molar-refractivity contribution in [1.29, 1.82) is 0 Å². The maximum atomic E-state index is 2.37. The Morgan fingerprint density at radius 2 is 0.408 bits per heavy atom. The van der Waals surface area contributed by atoms with Gasteiger partial charge in [-0.3, -0.25) is 0 Å². The first kappa shape index (κ1) is 58.3. The molecule has 18 rings (SSSR count). The van der Waals surface area contributed by atoms with Crippen molar-refractivity contribution in [3.8, 4) is 86.5 Å². The van der Waals surface area contributed by atoms with E-state index in [0.717, 1.165) is 67.8 Å². The Hall–Kier alpha value is -12.3. The predicted octanol–water partition coefficient (Wildman–Crippen LogP) is 26.6. The molecule has 4 heterocycles. The summed E-state index contributed by atoms with van der Waals surface area (Å²) in [6, 6.07) is 137. The van der Waals surface area contributed by atoms with Gasteiger partial charge in [0.1, 0.15) is 0 Å². The molecule has 0 saturated heterocycles. The van der Waals surface area contributed by atoms with E-state index in [9.17, 15) is 0 Å². The van der Waals surface area contributed by atoms with Crippen molar-refractivity contribution in [2.75, 3.05) is 9.80 Å². The summed E-state index contributed by atoms with van der Waals surface area (Å²) in [5, 5.41) is 4.95. The first-order valence-corrected chi connectivity index (χ1v) is 34.9. The van der Waals surface area contributed by atoms with Gasteiger partial charge in [0.2, 0.25) is 0 Å². The molecule has 0 fully saturated rings. The van der Waals surface area contributed by atoms with Gasteiger partial charge in [-0.15, -0.1) is 22.7 Å². The molecule has 0 atom stereocenters. The summed E-state index contributed by atoms with van der Waals surface area (Å²) in [5.74, 6) is 0. The number of nitrogens with zero attached hydrogens (tertiary/aromatic N) is 4. The Balaban J connectivity index is 0.670. The smallest absolute Gasteiger partial charge is 0.0541 e. The Labute approximate surface area is 578 Å². The fraction of sp³-hybridized carbons (Fsp3) is 0. The lowest BCUT2D eigenvalue weighted by atomic mass is 10.0. The van der Waals surface area contributed by atoms with Gasteiger partial charge in [-0.05, 0) is 213 Å². The monoisotopic (exact) mass is 1290 g/mol. The average Bonchev–Trinajstić information content (AvgIpc) is 1.60. The number of aromatic nitrogens is 2. The lowest BCUT2D eigenvalue weighted by Crippen LogP contribution is -2.10. The van der Waals surface area contributed by atoms with Gasteiger partial charge < -0.3 is 18.9 Å². The van der Waals surface area contributed by atoms with Gasteiger partial charge >= 0.3 is 0 Å². The number of hydrogen-bond acceptors (Lipinski definition) is 4. The fourth-order valence-corrected chi connectivity index (χ4v) is 16.2. The molecule has 0 aliphatic heterocycles. The zero-order valence-corrected chi connectivity index (χ0v) is 55.0. The zero-order valence-electron chi connectivity index (χ0n) is 53.4. The second kappa shape index (κ2) is 25.1. The van der Waals surface area contributed by atoms with Gasteiger partial charge in [0, 0.05) is 86.6 Å². The van der Waals surface area contributed by atoms with E-state index in [1.807, 2.05) is 22.7 Å². The molecule has 0 aliphatic rings. The lowest BCUT2D eigenvalue weighted by molar-refractivity contribution is 1.18. The molecule has 0 bridgehead atoms. The first-order valence-electron chi connectivity index (χ1n) is 33.3. The van der Waals surface area contributed by atoms with Crippen LogP contribution in [0.1, 0.15) is 0 Å². The number of rotatable bonds is 15. The Bertz CT molecular complexity index is 5490. The van der Waals surface area contributed by atoms with Gasteiger partial charge in [0.05, 0.1) is 22.1 Å². The van der Waals surface area contributed by atoms with Crippen LogP contribution in [0.5, 0.6) is 0 Å². The van der Waals surface area contributed by atoms with Crippen molar-refractivity contribution in [3.05, 3.63) is 376 Å². The van der Waals surface area contributed by atoms with E-state index >= 15 is 0 Å². The summed E-state index contributed by atoms with van der Waals surface area (Å²) < 4.78 is 4.75. The molecule has 0 aliphatic carbocycles. The molecule has 0 saturated carbocycles. The Morgan fingerprint density at radius 1 is 0.173 bits per heavy atom. The SMILES string of the molecule is c1ccc(-c2ccc(-c3ccc(N(c4ccc(-c5ccc(N(c6ccc(-c7ccc8c(c7)c7ccccc7n8-c7ccccc7)cc6)c6ccc(-c7ccc(-c8ccccc8)s7)cc6)cc5)cc4)c4ccc(-c5ccc6c(c5)c5ccccc5n6-c5ccccc5)cc4)cc3)s2)cc1. The molecule has 0 radical (unpaired) electrons. The van der Waals surface area contributed by atoms with E-state index in [1.54, 1.807) is 0 Å². The van der Waals surface area contributed by atoms with Gasteiger partial charge in [-0.25, -0.2) is 0 Å². The van der Waals surface area contributed by atoms with Crippen LogP contribution in [0.25, 0.3) is 130 Å². The minimum Gasteiger partial charge on any atom is -0.311 e. The highest BCUT2D eigenvalue weighted by atomic mass is 32.1. The molecule has 18 aromatic rings. The second-order valence-electron chi connectivity index (χ2n) is 24.9. The predicted molar refractivity (Wildman–Crippen MR) is 418 cm³/mol. The van der Waals surface area contributed by atoms with E-state index < -0.39 is 0 Å². The molecule has 0 spiro atoms. The Morgan fingerprint density at radius 3 is 0.724 bits per heavy atom. The Kier molecular flexibility index (Phi) is 14.9. The standard InChI is InChI=1S/C92H62N4S2/c1-5-17-67(18-6-1)89-57-59-91(97-89)69-37-51-79(52-38-69)93(77-47-33-65(34-48-77)71-41-55-87-83(61-71)81-25-13-15-27-85(81)95(87)73-21-9-3-10-22-73)75-43-29-63(30-44-75)64-31-45-76(46-32-64)94(80-53-39-70(40-54-80)92-60-58-90(98-92)68-19-7-2-8-20-68)78-49-35-66(36-50-78)72-42-56-88-84(62-72)82-26-14-16-28-86(82)96(88)74-23-11-4-12-24-74/h1-62H. The highest BCUT2D eigenvalue weighted by Gasteiger charge is 2.20. The molecule has 0 amide bonds. The van der Waals surface area contributed by atoms with Crippen molar-refractivity contribution in [2.24, 2.45) is 0 Å². The van der Waals surface area contributed by atoms with Crippen LogP contribution in [0, 0.1) is 0 Å². The quantitative estimate of drug-likeness (QED) is 0.102. The maximum absolute atomic E-state index is 2.37. The molecule has 0 N–H and O–H groups in total. The summed E-state index contributed by atoms with van der Waals surface area (Å²) in [7, 11) is 0. The van der Waals surface area contributed by atoms with Crippen molar-refractivity contribution in [1.82, 2.24) is 9.13 Å². The van der Waals surface area contributed by atoms with E-state index in [0.29, 0.717) is 0 Å². The van der Waals surface area contributed by atoms with Gasteiger partial charge in [-0.1, -0.05) is 218 Å². The van der Waals surface area contributed by atoms with Gasteiger partial charge in [0.15, 0.2) is 0 Å². The molecule has 462 valence electrons. The second-order valence-corrected chi connectivity index (χ2v) is 27.0. The summed E-state index contributed by atoms with van der Waals surface area (Å²) in [6.07, 6.45) is 0. The van der Waals surface area contributed by atoms with Crippen LogP contribution >= 0.6 is 22.7 Å². The third-order valence-corrected chi connectivity index (χ3v) is 21.4. The average molecular weight is 1290 g/mol. The topological polar surface area (TPSA) is 16.3 Å². The highest BCUT2D eigenvalue weighted by Crippen LogP contribution is 2.45. The van der Waals surface area contributed by atoms with Crippen LogP contribution < -0.4 is 9.80 Å². The fourth-order valence-electron chi connectivity index (χ4n) is 14.2. The molecule has 0 unspecified atom stereocenters. The number of para-hydroxylation sites is 4. The summed E-state index contributed by atoms with van der Waals surface area (Å²) >= 11 is 3.66. The van der Waals surface area contributed by atoms with E-state index in [2.05, 4.69) is 395 Å². The molecule has 4 nitrogen and oxygen atoms in total. The maximum Gasteiger partial charge on any atom is 0.0541 e. The van der Waals surface area contributed by atoms with Gasteiger partial charge in [-0.2, -0.15) is 0 Å². The number of fused-ring (bicyclic) bond motifs is 6. The normalized spacial score (nSPS) is 11.5. The van der Waals surface area contributed by atoms with E-state index in [4.69, 9.17) is 0 Å². The van der Waals surface area contributed by atoms with Crippen molar-refractivity contribution >= 4 is 100 Å². The molecular weight excluding hydrogens is 1230 g/mol. The number of benzene rings is 14. The third-order valence-electron chi connectivity index (χ3n) is 19.0. The van der Waals surface area contributed by atoms with Gasteiger partial charge in [0.25, 0.3) is 0 Å². The van der Waals surface area contributed by atoms with Crippen LogP contribution in [0.4, 0.5) is 34.1 Å². The first-order chi connectivity index (χ1) is 48.6. The van der Waals surface area contributed by atoms with Crippen molar-refractivity contribution < 1.29 is 0 Å². The summed E-state index contributed by atoms with van der Waals surface area (Å²) in [5.41, 5.74) is 25.4. The third kappa shape index (κ3) is 10.8. The van der Waals surface area contributed by atoms with E-state index in [1.165, 1.54) is 96.5 Å². The number of thiophene rings is 2. The van der Waals surface area contributed by atoms with Crippen molar-refractivity contribution in [2.45, 2.75) is 0 Å². The summed E-state index contributed by atoms with van der Waals surface area (Å²) in [4.78, 5) is 9.75. The van der Waals surface area contributed by atoms with Crippen molar-refractivity contribution in [3.63, 3.8) is 0 Å². The summed E-state index contributed by atoms with van der Waals surface area (Å²) in [6.45, 7) is 0. The minimum absolute atomic E-state index is 1.07.